The summed E-state index contributed by atoms with van der Waals surface area (Å²) in [6.45, 7) is 1.50. The highest BCUT2D eigenvalue weighted by Gasteiger charge is 2.13. The first-order valence-electron chi connectivity index (χ1n) is 9.02. The van der Waals surface area contributed by atoms with Crippen LogP contribution >= 0.6 is 35.6 Å². The number of halogens is 2. The number of carbonyl (C=O) groups excluding carboxylic acids is 1. The number of benzene rings is 2. The molecule has 0 spiro atoms. The molecule has 0 atom stereocenters. The van der Waals surface area contributed by atoms with Gasteiger partial charge >= 0.3 is 0 Å². The number of hydrogen-bond donors (Lipinski definition) is 3. The number of aliphatic imine (C=N–C) groups is 1. The molecule has 0 unspecified atom stereocenters. The Morgan fingerprint density at radius 2 is 1.86 bits per heavy atom. The number of rotatable bonds is 7. The zero-order valence-electron chi connectivity index (χ0n) is 16.0. The molecular formula is C20H24ClIN4O3. The minimum atomic E-state index is -0.0348. The molecule has 3 N–H and O–H groups in total. The van der Waals surface area contributed by atoms with Crippen molar-refractivity contribution < 1.29 is 14.3 Å². The highest BCUT2D eigenvalue weighted by Crippen LogP contribution is 2.32. The Morgan fingerprint density at radius 3 is 2.62 bits per heavy atom. The maximum Gasteiger partial charge on any atom is 0.231 e. The molecular weight excluding hydrogens is 507 g/mol. The van der Waals surface area contributed by atoms with Crippen molar-refractivity contribution in [2.45, 2.75) is 19.4 Å². The average Bonchev–Trinajstić information content (AvgIpc) is 3.17. The van der Waals surface area contributed by atoms with E-state index in [2.05, 4.69) is 20.9 Å². The summed E-state index contributed by atoms with van der Waals surface area (Å²) in [5.41, 5.74) is 1.80. The molecule has 0 radical (unpaired) electrons. The Bertz CT molecular complexity index is 846. The van der Waals surface area contributed by atoms with Crippen molar-refractivity contribution in [3.63, 3.8) is 0 Å². The SMILES string of the molecule is CN=C(NCCCC(=O)Nc1ccc(Cl)cc1)NCc1ccc2c(c1)OCO2.I. The first kappa shape index (κ1) is 23.1. The quantitative estimate of drug-likeness (QED) is 0.220. The van der Waals surface area contributed by atoms with Gasteiger partial charge in [0, 0.05) is 37.3 Å². The molecule has 7 nitrogen and oxygen atoms in total. The van der Waals surface area contributed by atoms with Gasteiger partial charge in [-0.2, -0.15) is 0 Å². The van der Waals surface area contributed by atoms with Crippen LogP contribution in [0.5, 0.6) is 11.5 Å². The van der Waals surface area contributed by atoms with Crippen molar-refractivity contribution in [1.29, 1.82) is 0 Å². The number of fused-ring (bicyclic) bond motifs is 1. The number of anilines is 1. The second kappa shape index (κ2) is 11.7. The van der Waals surface area contributed by atoms with Crippen LogP contribution < -0.4 is 25.4 Å². The summed E-state index contributed by atoms with van der Waals surface area (Å²) in [6.07, 6.45) is 1.10. The number of nitrogens with one attached hydrogen (secondary N) is 3. The van der Waals surface area contributed by atoms with Crippen LogP contribution in [0.2, 0.25) is 5.02 Å². The van der Waals surface area contributed by atoms with Crippen LogP contribution in [-0.4, -0.2) is 32.3 Å². The van der Waals surface area contributed by atoms with E-state index in [4.69, 9.17) is 21.1 Å². The van der Waals surface area contributed by atoms with E-state index >= 15 is 0 Å². The molecule has 29 heavy (non-hydrogen) atoms. The molecule has 0 fully saturated rings. The molecule has 2 aromatic rings. The van der Waals surface area contributed by atoms with E-state index in [1.807, 2.05) is 18.2 Å². The fraction of sp³-hybridized carbons (Fsp3) is 0.300. The minimum Gasteiger partial charge on any atom is -0.454 e. The van der Waals surface area contributed by atoms with Crippen LogP contribution in [0, 0.1) is 0 Å². The molecule has 0 aromatic heterocycles. The van der Waals surface area contributed by atoms with Crippen molar-refractivity contribution in [2.75, 3.05) is 25.7 Å². The summed E-state index contributed by atoms with van der Waals surface area (Å²) in [6, 6.07) is 12.9. The third-order valence-corrected chi connectivity index (χ3v) is 4.37. The van der Waals surface area contributed by atoms with Gasteiger partial charge in [-0.05, 0) is 48.4 Å². The van der Waals surface area contributed by atoms with Crippen LogP contribution in [-0.2, 0) is 11.3 Å². The fourth-order valence-electron chi connectivity index (χ4n) is 2.67. The molecule has 2 aromatic carbocycles. The van der Waals surface area contributed by atoms with E-state index in [1.54, 1.807) is 31.3 Å². The van der Waals surface area contributed by atoms with Crippen LogP contribution in [0.3, 0.4) is 0 Å². The van der Waals surface area contributed by atoms with E-state index in [-0.39, 0.29) is 36.7 Å². The van der Waals surface area contributed by atoms with Crippen molar-refractivity contribution in [2.24, 2.45) is 4.99 Å². The van der Waals surface area contributed by atoms with Crippen LogP contribution in [0.1, 0.15) is 18.4 Å². The first-order valence-corrected chi connectivity index (χ1v) is 9.40. The normalized spacial score (nSPS) is 12.1. The first-order chi connectivity index (χ1) is 13.6. The lowest BCUT2D eigenvalue weighted by Crippen LogP contribution is -2.37. The standard InChI is InChI=1S/C20H23ClN4O3.HI/c1-22-20(24-12-14-4-9-17-18(11-14)28-13-27-17)23-10-2-3-19(26)25-16-7-5-15(21)6-8-16;/h4-9,11H,2-3,10,12-13H2,1H3,(H,25,26)(H2,22,23,24);1H. The zero-order chi connectivity index (χ0) is 19.8. The third kappa shape index (κ3) is 7.28. The van der Waals surface area contributed by atoms with E-state index in [9.17, 15) is 4.79 Å². The van der Waals surface area contributed by atoms with Gasteiger partial charge in [-0.15, -0.1) is 24.0 Å². The fourth-order valence-corrected chi connectivity index (χ4v) is 2.80. The van der Waals surface area contributed by atoms with Gasteiger partial charge in [0.15, 0.2) is 17.5 Å². The Labute approximate surface area is 192 Å². The van der Waals surface area contributed by atoms with Crippen LogP contribution in [0.25, 0.3) is 0 Å². The van der Waals surface area contributed by atoms with E-state index in [1.165, 1.54) is 0 Å². The van der Waals surface area contributed by atoms with Gasteiger partial charge in [0.1, 0.15) is 0 Å². The molecule has 156 valence electrons. The van der Waals surface area contributed by atoms with Gasteiger partial charge in [0.2, 0.25) is 12.7 Å². The number of nitrogens with zero attached hydrogens (tertiary/aromatic N) is 1. The highest BCUT2D eigenvalue weighted by atomic mass is 127. The monoisotopic (exact) mass is 530 g/mol. The zero-order valence-corrected chi connectivity index (χ0v) is 19.1. The summed E-state index contributed by atoms with van der Waals surface area (Å²) in [5, 5.41) is 9.93. The summed E-state index contributed by atoms with van der Waals surface area (Å²) in [4.78, 5) is 16.2. The lowest BCUT2D eigenvalue weighted by atomic mass is 10.2. The maximum atomic E-state index is 12.0. The number of ether oxygens (including phenoxy) is 2. The average molecular weight is 531 g/mol. The van der Waals surface area contributed by atoms with Crippen LogP contribution in [0.4, 0.5) is 5.69 Å². The number of carbonyl (C=O) groups is 1. The molecule has 0 saturated heterocycles. The number of amides is 1. The molecule has 1 aliphatic heterocycles. The predicted molar refractivity (Wildman–Crippen MR) is 125 cm³/mol. The van der Waals surface area contributed by atoms with Crippen molar-refractivity contribution in [3.05, 3.63) is 53.1 Å². The predicted octanol–water partition coefficient (Wildman–Crippen LogP) is 3.77. The number of guanidine groups is 1. The minimum absolute atomic E-state index is 0. The summed E-state index contributed by atoms with van der Waals surface area (Å²) in [5.74, 6) is 2.17. The molecule has 0 bridgehead atoms. The second-order valence-electron chi connectivity index (χ2n) is 6.20. The van der Waals surface area contributed by atoms with E-state index in [0.29, 0.717) is 36.9 Å². The topological polar surface area (TPSA) is 84.0 Å². The molecule has 0 aliphatic carbocycles. The second-order valence-corrected chi connectivity index (χ2v) is 6.64. The van der Waals surface area contributed by atoms with Gasteiger partial charge < -0.3 is 25.4 Å². The Morgan fingerprint density at radius 1 is 1.10 bits per heavy atom. The highest BCUT2D eigenvalue weighted by molar-refractivity contribution is 14.0. The summed E-state index contributed by atoms with van der Waals surface area (Å²) >= 11 is 5.83. The van der Waals surface area contributed by atoms with Crippen LogP contribution in [0.15, 0.2) is 47.5 Å². The lowest BCUT2D eigenvalue weighted by Gasteiger charge is -2.12. The van der Waals surface area contributed by atoms with Gasteiger partial charge in [-0.3, -0.25) is 9.79 Å². The summed E-state index contributed by atoms with van der Waals surface area (Å²) in [7, 11) is 1.71. The Hall–Kier alpha value is -2.20. The Balaban J connectivity index is 0.00000300. The molecule has 3 rings (SSSR count). The maximum absolute atomic E-state index is 12.0. The van der Waals surface area contributed by atoms with Crippen molar-refractivity contribution in [1.82, 2.24) is 10.6 Å². The lowest BCUT2D eigenvalue weighted by molar-refractivity contribution is -0.116. The van der Waals surface area contributed by atoms with Gasteiger partial charge in [-0.25, -0.2) is 0 Å². The molecule has 9 heteroatoms. The van der Waals surface area contributed by atoms with Crippen molar-refractivity contribution >= 4 is 53.1 Å². The Kier molecular flexibility index (Phi) is 9.33. The van der Waals surface area contributed by atoms with Gasteiger partial charge in [0.25, 0.3) is 0 Å². The summed E-state index contributed by atoms with van der Waals surface area (Å²) < 4.78 is 10.7. The van der Waals surface area contributed by atoms with Crippen molar-refractivity contribution in [3.8, 4) is 11.5 Å². The molecule has 1 aliphatic rings. The third-order valence-electron chi connectivity index (χ3n) is 4.12. The smallest absolute Gasteiger partial charge is 0.231 e. The van der Waals surface area contributed by atoms with E-state index < -0.39 is 0 Å². The van der Waals surface area contributed by atoms with Gasteiger partial charge in [0.05, 0.1) is 0 Å². The molecule has 1 amide bonds. The largest absolute Gasteiger partial charge is 0.454 e. The molecule has 0 saturated carbocycles. The van der Waals surface area contributed by atoms with E-state index in [0.717, 1.165) is 22.7 Å². The van der Waals surface area contributed by atoms with Gasteiger partial charge in [-0.1, -0.05) is 17.7 Å². The molecule has 1 heterocycles. The number of hydrogen-bond acceptors (Lipinski definition) is 4.